The standard InChI is InChI=1S/C19H18N2O6/c1-11-9-12(7-8-14(11)21-19(23)25-3)26-10-16-20-15-6-4-5-13(17(15)27-16)18(22)24-2/h4-9H,10H2,1-3H3,(H,21,23). The highest BCUT2D eigenvalue weighted by atomic mass is 16.5. The lowest BCUT2D eigenvalue weighted by Crippen LogP contribution is -2.11. The van der Waals surface area contributed by atoms with Gasteiger partial charge in [-0.15, -0.1) is 0 Å². The Kier molecular flexibility index (Phi) is 5.25. The smallest absolute Gasteiger partial charge is 0.411 e. The molecule has 1 aromatic heterocycles. The number of rotatable bonds is 5. The van der Waals surface area contributed by atoms with Gasteiger partial charge in [-0.1, -0.05) is 6.07 Å². The number of oxazole rings is 1. The van der Waals surface area contributed by atoms with Crippen molar-refractivity contribution in [1.82, 2.24) is 4.98 Å². The quantitative estimate of drug-likeness (QED) is 0.684. The second-order valence-electron chi connectivity index (χ2n) is 5.63. The highest BCUT2D eigenvalue weighted by Gasteiger charge is 2.16. The molecule has 0 bridgehead atoms. The molecule has 140 valence electrons. The van der Waals surface area contributed by atoms with Gasteiger partial charge in [-0.05, 0) is 42.8 Å². The number of aryl methyl sites for hydroxylation is 1. The van der Waals surface area contributed by atoms with Crippen LogP contribution in [0.3, 0.4) is 0 Å². The van der Waals surface area contributed by atoms with Crippen LogP contribution in [0.25, 0.3) is 11.1 Å². The van der Waals surface area contributed by atoms with Crippen LogP contribution in [0.4, 0.5) is 10.5 Å². The molecule has 0 saturated heterocycles. The van der Waals surface area contributed by atoms with E-state index in [1.165, 1.54) is 14.2 Å². The van der Waals surface area contributed by atoms with E-state index in [0.717, 1.165) is 5.56 Å². The number of ether oxygens (including phenoxy) is 3. The molecular formula is C19H18N2O6. The second kappa shape index (κ2) is 7.77. The van der Waals surface area contributed by atoms with Gasteiger partial charge in [-0.2, -0.15) is 0 Å². The molecule has 1 amide bonds. The van der Waals surface area contributed by atoms with E-state index >= 15 is 0 Å². The van der Waals surface area contributed by atoms with Crippen molar-refractivity contribution in [2.75, 3.05) is 19.5 Å². The van der Waals surface area contributed by atoms with Crippen LogP contribution in [0.1, 0.15) is 21.8 Å². The SMILES string of the molecule is COC(=O)Nc1ccc(OCc2nc3cccc(C(=O)OC)c3o2)cc1C. The number of aromatic nitrogens is 1. The Bertz CT molecular complexity index is 995. The maximum atomic E-state index is 11.8. The van der Waals surface area contributed by atoms with Crippen molar-refractivity contribution in [3.8, 4) is 5.75 Å². The molecule has 0 spiro atoms. The third-order valence-corrected chi connectivity index (χ3v) is 3.85. The van der Waals surface area contributed by atoms with Gasteiger partial charge in [0.05, 0.1) is 14.2 Å². The lowest BCUT2D eigenvalue weighted by atomic mass is 10.2. The molecule has 27 heavy (non-hydrogen) atoms. The molecule has 0 aliphatic carbocycles. The van der Waals surface area contributed by atoms with Crippen LogP contribution < -0.4 is 10.1 Å². The van der Waals surface area contributed by atoms with Crippen molar-refractivity contribution >= 4 is 28.8 Å². The van der Waals surface area contributed by atoms with Crippen molar-refractivity contribution < 1.29 is 28.2 Å². The van der Waals surface area contributed by atoms with Crippen LogP contribution in [-0.4, -0.2) is 31.3 Å². The van der Waals surface area contributed by atoms with E-state index in [4.69, 9.17) is 13.9 Å². The molecule has 1 heterocycles. The first kappa shape index (κ1) is 18.2. The fraction of sp³-hybridized carbons (Fsp3) is 0.211. The van der Waals surface area contributed by atoms with Gasteiger partial charge < -0.3 is 18.6 Å². The number of hydrogen-bond acceptors (Lipinski definition) is 7. The maximum Gasteiger partial charge on any atom is 0.411 e. The Morgan fingerprint density at radius 2 is 1.96 bits per heavy atom. The number of fused-ring (bicyclic) bond motifs is 1. The Hall–Kier alpha value is -3.55. The van der Waals surface area contributed by atoms with Crippen LogP contribution in [0, 0.1) is 6.92 Å². The van der Waals surface area contributed by atoms with Crippen molar-refractivity contribution in [3.63, 3.8) is 0 Å². The first-order valence-corrected chi connectivity index (χ1v) is 8.07. The number of para-hydroxylation sites is 1. The summed E-state index contributed by atoms with van der Waals surface area (Å²) in [4.78, 5) is 27.4. The first-order valence-electron chi connectivity index (χ1n) is 8.07. The van der Waals surface area contributed by atoms with Gasteiger partial charge in [0.25, 0.3) is 0 Å². The number of amides is 1. The summed E-state index contributed by atoms with van der Waals surface area (Å²) in [6.45, 7) is 1.92. The number of carbonyl (C=O) groups is 2. The molecule has 0 fully saturated rings. The lowest BCUT2D eigenvalue weighted by Gasteiger charge is -2.09. The Labute approximate surface area is 155 Å². The molecule has 0 atom stereocenters. The van der Waals surface area contributed by atoms with Gasteiger partial charge >= 0.3 is 12.1 Å². The average Bonchev–Trinajstić information content (AvgIpc) is 3.10. The zero-order chi connectivity index (χ0) is 19.4. The van der Waals surface area contributed by atoms with Crippen LogP contribution in [0.5, 0.6) is 5.75 Å². The number of benzene rings is 2. The summed E-state index contributed by atoms with van der Waals surface area (Å²) in [6.07, 6.45) is -0.542. The van der Waals surface area contributed by atoms with Crippen molar-refractivity contribution in [3.05, 3.63) is 53.4 Å². The number of carbonyl (C=O) groups excluding carboxylic acids is 2. The predicted molar refractivity (Wildman–Crippen MR) is 96.9 cm³/mol. The summed E-state index contributed by atoms with van der Waals surface area (Å²) >= 11 is 0. The van der Waals surface area contributed by atoms with Crippen LogP contribution in [-0.2, 0) is 16.1 Å². The van der Waals surface area contributed by atoms with Gasteiger partial charge in [0.15, 0.2) is 12.2 Å². The molecule has 3 rings (SSSR count). The fourth-order valence-corrected chi connectivity index (χ4v) is 2.50. The maximum absolute atomic E-state index is 11.8. The number of esters is 1. The fourth-order valence-electron chi connectivity index (χ4n) is 2.50. The van der Waals surface area contributed by atoms with E-state index in [-0.39, 0.29) is 6.61 Å². The molecule has 8 heteroatoms. The van der Waals surface area contributed by atoms with Gasteiger partial charge in [-0.3, -0.25) is 5.32 Å². The number of methoxy groups -OCH3 is 2. The van der Waals surface area contributed by atoms with E-state index in [1.54, 1.807) is 36.4 Å². The lowest BCUT2D eigenvalue weighted by molar-refractivity contribution is 0.0601. The topological polar surface area (TPSA) is 99.9 Å². The molecular weight excluding hydrogens is 352 g/mol. The zero-order valence-corrected chi connectivity index (χ0v) is 15.1. The van der Waals surface area contributed by atoms with Crippen molar-refractivity contribution in [2.45, 2.75) is 13.5 Å². The molecule has 2 aromatic carbocycles. The second-order valence-corrected chi connectivity index (χ2v) is 5.63. The van der Waals surface area contributed by atoms with E-state index in [1.807, 2.05) is 6.92 Å². The first-order chi connectivity index (χ1) is 13.0. The number of hydrogen-bond donors (Lipinski definition) is 1. The van der Waals surface area contributed by atoms with Crippen LogP contribution >= 0.6 is 0 Å². The Morgan fingerprint density at radius 3 is 2.67 bits per heavy atom. The molecule has 0 aliphatic heterocycles. The van der Waals surface area contributed by atoms with E-state index in [2.05, 4.69) is 15.0 Å². The summed E-state index contributed by atoms with van der Waals surface area (Å²) in [6, 6.07) is 10.3. The molecule has 0 aliphatic rings. The highest BCUT2D eigenvalue weighted by molar-refractivity contribution is 6.00. The minimum absolute atomic E-state index is 0.0819. The summed E-state index contributed by atoms with van der Waals surface area (Å²) in [5.41, 5.74) is 2.65. The minimum Gasteiger partial charge on any atom is -0.484 e. The largest absolute Gasteiger partial charge is 0.484 e. The van der Waals surface area contributed by atoms with Gasteiger partial charge in [0, 0.05) is 5.69 Å². The summed E-state index contributed by atoms with van der Waals surface area (Å²) < 4.78 is 20.7. The van der Waals surface area contributed by atoms with Gasteiger partial charge in [0.2, 0.25) is 5.89 Å². The average molecular weight is 370 g/mol. The van der Waals surface area contributed by atoms with Crippen molar-refractivity contribution in [1.29, 1.82) is 0 Å². The molecule has 0 radical (unpaired) electrons. The number of nitrogens with zero attached hydrogens (tertiary/aromatic N) is 1. The minimum atomic E-state index is -0.542. The van der Waals surface area contributed by atoms with E-state index in [9.17, 15) is 9.59 Å². The highest BCUT2D eigenvalue weighted by Crippen LogP contribution is 2.24. The zero-order valence-electron chi connectivity index (χ0n) is 15.1. The normalized spacial score (nSPS) is 10.5. The van der Waals surface area contributed by atoms with E-state index in [0.29, 0.717) is 34.0 Å². The molecule has 0 saturated carbocycles. The summed E-state index contributed by atoms with van der Waals surface area (Å²) in [5.74, 6) is 0.419. The molecule has 3 aromatic rings. The molecule has 0 unspecified atom stereocenters. The van der Waals surface area contributed by atoms with Gasteiger partial charge in [-0.25, -0.2) is 14.6 Å². The van der Waals surface area contributed by atoms with Crippen LogP contribution in [0.15, 0.2) is 40.8 Å². The van der Waals surface area contributed by atoms with E-state index < -0.39 is 12.1 Å². The summed E-state index contributed by atoms with van der Waals surface area (Å²) in [7, 11) is 2.61. The number of anilines is 1. The predicted octanol–water partition coefficient (Wildman–Crippen LogP) is 3.68. The third-order valence-electron chi connectivity index (χ3n) is 3.85. The molecule has 8 nitrogen and oxygen atoms in total. The Morgan fingerprint density at radius 1 is 1.15 bits per heavy atom. The van der Waals surface area contributed by atoms with Crippen LogP contribution in [0.2, 0.25) is 0 Å². The monoisotopic (exact) mass is 370 g/mol. The van der Waals surface area contributed by atoms with Gasteiger partial charge in [0.1, 0.15) is 16.8 Å². The number of nitrogens with one attached hydrogen (secondary N) is 1. The summed E-state index contributed by atoms with van der Waals surface area (Å²) in [5, 5.41) is 2.61. The molecule has 1 N–H and O–H groups in total. The van der Waals surface area contributed by atoms with Crippen molar-refractivity contribution in [2.24, 2.45) is 0 Å². The Balaban J connectivity index is 1.74. The third kappa shape index (κ3) is 4.00.